The van der Waals surface area contributed by atoms with E-state index in [9.17, 15) is 0 Å². The maximum Gasteiger partial charge on any atom is 0.252 e. The molecule has 0 radical (unpaired) electrons. The van der Waals surface area contributed by atoms with Crippen LogP contribution in [0.4, 0.5) is 0 Å². The molecule has 2 aromatic heterocycles. The van der Waals surface area contributed by atoms with E-state index in [4.69, 9.17) is 27.6 Å². The van der Waals surface area contributed by atoms with Crippen molar-refractivity contribution in [2.75, 3.05) is 0 Å². The number of rotatable bonds is 2. The highest BCUT2D eigenvalue weighted by atomic mass is 35.5. The summed E-state index contributed by atoms with van der Waals surface area (Å²) in [6.07, 6.45) is 2.11. The Labute approximate surface area is 95.5 Å². The lowest BCUT2D eigenvalue weighted by Gasteiger charge is -1.96. The van der Waals surface area contributed by atoms with Crippen LogP contribution in [0.5, 0.6) is 0 Å². The molecule has 0 saturated carbocycles. The molecule has 0 aliphatic carbocycles. The third-order valence-corrected chi connectivity index (χ3v) is 2.18. The van der Waals surface area contributed by atoms with Gasteiger partial charge in [0.15, 0.2) is 0 Å². The summed E-state index contributed by atoms with van der Waals surface area (Å²) in [6.45, 7) is 1.91. The van der Waals surface area contributed by atoms with Crippen molar-refractivity contribution in [2.24, 2.45) is 0 Å². The van der Waals surface area contributed by atoms with Crippen LogP contribution in [0.2, 0.25) is 10.4 Å². The van der Waals surface area contributed by atoms with Gasteiger partial charge in [0.2, 0.25) is 11.2 Å². The molecule has 15 heavy (non-hydrogen) atoms. The Kier molecular flexibility index (Phi) is 2.83. The average Bonchev–Trinajstić information content (AvgIpc) is 2.66. The molecule has 0 bridgehead atoms. The summed E-state index contributed by atoms with van der Waals surface area (Å²) >= 11 is 11.4. The molecule has 0 N–H and O–H groups in total. The first-order valence-electron chi connectivity index (χ1n) is 4.21. The van der Waals surface area contributed by atoms with Crippen LogP contribution < -0.4 is 0 Å². The molecular weight excluding hydrogens is 239 g/mol. The second-order valence-corrected chi connectivity index (χ2v) is 3.39. The van der Waals surface area contributed by atoms with Crippen LogP contribution in [0, 0.1) is 0 Å². The van der Waals surface area contributed by atoms with Crippen molar-refractivity contribution in [2.45, 2.75) is 13.3 Å². The largest absolute Gasteiger partial charge is 0.421 e. The van der Waals surface area contributed by atoms with Crippen molar-refractivity contribution < 1.29 is 4.42 Å². The van der Waals surface area contributed by atoms with Crippen LogP contribution in [-0.4, -0.2) is 20.2 Å². The zero-order chi connectivity index (χ0) is 10.8. The van der Waals surface area contributed by atoms with Gasteiger partial charge in [-0.3, -0.25) is 0 Å². The van der Waals surface area contributed by atoms with Gasteiger partial charge in [0.1, 0.15) is 5.15 Å². The van der Waals surface area contributed by atoms with Gasteiger partial charge >= 0.3 is 0 Å². The minimum atomic E-state index is 0.0824. The molecular formula is C8H6Cl2N4O. The van der Waals surface area contributed by atoms with Gasteiger partial charge in [-0.2, -0.15) is 0 Å². The van der Waals surface area contributed by atoms with Gasteiger partial charge in [-0.1, -0.05) is 18.5 Å². The fourth-order valence-electron chi connectivity index (χ4n) is 0.990. The Morgan fingerprint density at radius 2 is 2.13 bits per heavy atom. The van der Waals surface area contributed by atoms with Crippen molar-refractivity contribution in [3.8, 4) is 11.5 Å². The van der Waals surface area contributed by atoms with E-state index < -0.39 is 0 Å². The molecule has 2 aromatic rings. The fourth-order valence-corrected chi connectivity index (χ4v) is 1.38. The smallest absolute Gasteiger partial charge is 0.252 e. The first-order valence-corrected chi connectivity index (χ1v) is 4.97. The lowest BCUT2D eigenvalue weighted by atomic mass is 10.3. The van der Waals surface area contributed by atoms with Crippen LogP contribution in [0.3, 0.4) is 0 Å². The topological polar surface area (TPSA) is 64.7 Å². The third-order valence-electron chi connectivity index (χ3n) is 1.71. The van der Waals surface area contributed by atoms with Gasteiger partial charge in [-0.05, 0) is 11.6 Å². The van der Waals surface area contributed by atoms with E-state index >= 15 is 0 Å². The summed E-state index contributed by atoms with van der Waals surface area (Å²) in [5.41, 5.74) is 0.480. The quantitative estimate of drug-likeness (QED) is 0.600. The molecule has 0 saturated heterocycles. The van der Waals surface area contributed by atoms with E-state index in [1.54, 1.807) is 0 Å². The van der Waals surface area contributed by atoms with E-state index in [1.165, 1.54) is 6.20 Å². The summed E-state index contributed by atoms with van der Waals surface area (Å²) in [5.74, 6) is 0.838. The highest BCUT2D eigenvalue weighted by Crippen LogP contribution is 2.25. The van der Waals surface area contributed by atoms with E-state index in [1.807, 2.05) is 6.92 Å². The molecule has 2 rings (SSSR count). The normalized spacial score (nSPS) is 10.6. The summed E-state index contributed by atoms with van der Waals surface area (Å²) in [5, 5.41) is 7.91. The summed E-state index contributed by atoms with van der Waals surface area (Å²) in [6, 6.07) is 0. The molecule has 0 aliphatic heterocycles. The summed E-state index contributed by atoms with van der Waals surface area (Å²) in [4.78, 5) is 7.57. The van der Waals surface area contributed by atoms with Gasteiger partial charge in [0, 0.05) is 12.6 Å². The fraction of sp³-hybridized carbons (Fsp3) is 0.250. The SMILES string of the molecule is CCc1nnc(-c2cnc(Cl)nc2Cl)o1. The van der Waals surface area contributed by atoms with E-state index in [0.717, 1.165) is 0 Å². The molecule has 0 atom stereocenters. The molecule has 0 unspecified atom stereocenters. The van der Waals surface area contributed by atoms with Crippen molar-refractivity contribution in [3.05, 3.63) is 22.5 Å². The minimum Gasteiger partial charge on any atom is -0.421 e. The van der Waals surface area contributed by atoms with Gasteiger partial charge in [-0.15, -0.1) is 10.2 Å². The van der Waals surface area contributed by atoms with Crippen molar-refractivity contribution in [1.29, 1.82) is 0 Å². The summed E-state index contributed by atoms with van der Waals surface area (Å²) in [7, 11) is 0. The second-order valence-electron chi connectivity index (χ2n) is 2.70. The Morgan fingerprint density at radius 3 is 2.73 bits per heavy atom. The Balaban J connectivity index is 2.44. The standard InChI is InChI=1S/C8H6Cl2N4O/c1-2-5-13-14-7(15-5)4-3-11-8(10)12-6(4)9/h3H,2H2,1H3. The second kappa shape index (κ2) is 4.12. The van der Waals surface area contributed by atoms with E-state index in [0.29, 0.717) is 23.8 Å². The third kappa shape index (κ3) is 2.08. The maximum absolute atomic E-state index is 5.85. The molecule has 0 spiro atoms. The lowest BCUT2D eigenvalue weighted by molar-refractivity contribution is 0.512. The van der Waals surface area contributed by atoms with Gasteiger partial charge in [0.05, 0.1) is 5.56 Å². The minimum absolute atomic E-state index is 0.0824. The Hall–Kier alpha value is -1.20. The Bertz CT molecular complexity index is 485. The van der Waals surface area contributed by atoms with Crippen LogP contribution in [0.15, 0.2) is 10.6 Å². The number of aryl methyl sites for hydroxylation is 1. The Morgan fingerprint density at radius 1 is 1.33 bits per heavy atom. The highest BCUT2D eigenvalue weighted by molar-refractivity contribution is 6.33. The number of aromatic nitrogens is 4. The van der Waals surface area contributed by atoms with Crippen LogP contribution in [0.25, 0.3) is 11.5 Å². The zero-order valence-electron chi connectivity index (χ0n) is 7.74. The molecule has 0 aromatic carbocycles. The monoisotopic (exact) mass is 244 g/mol. The molecule has 5 nitrogen and oxygen atoms in total. The summed E-state index contributed by atoms with van der Waals surface area (Å²) < 4.78 is 5.31. The van der Waals surface area contributed by atoms with Crippen molar-refractivity contribution in [1.82, 2.24) is 20.2 Å². The van der Waals surface area contributed by atoms with Gasteiger partial charge in [-0.25, -0.2) is 9.97 Å². The molecule has 0 aliphatic rings. The maximum atomic E-state index is 5.85. The molecule has 7 heteroatoms. The lowest BCUT2D eigenvalue weighted by Crippen LogP contribution is -1.87. The van der Waals surface area contributed by atoms with Gasteiger partial charge < -0.3 is 4.42 Å². The van der Waals surface area contributed by atoms with E-state index in [-0.39, 0.29) is 10.4 Å². The molecule has 0 fully saturated rings. The first kappa shape index (κ1) is 10.3. The number of hydrogen-bond donors (Lipinski definition) is 0. The molecule has 0 amide bonds. The predicted octanol–water partition coefficient (Wildman–Crippen LogP) is 2.40. The molecule has 2 heterocycles. The van der Waals surface area contributed by atoms with Crippen molar-refractivity contribution >= 4 is 23.2 Å². The zero-order valence-corrected chi connectivity index (χ0v) is 9.25. The number of nitrogens with zero attached hydrogens (tertiary/aromatic N) is 4. The average molecular weight is 245 g/mol. The highest BCUT2D eigenvalue weighted by Gasteiger charge is 2.13. The number of hydrogen-bond acceptors (Lipinski definition) is 5. The van der Waals surface area contributed by atoms with Crippen molar-refractivity contribution in [3.63, 3.8) is 0 Å². The molecule has 78 valence electrons. The van der Waals surface area contributed by atoms with Crippen LogP contribution in [0.1, 0.15) is 12.8 Å². The predicted molar refractivity (Wildman–Crippen MR) is 54.7 cm³/mol. The van der Waals surface area contributed by atoms with Crippen LogP contribution >= 0.6 is 23.2 Å². The van der Waals surface area contributed by atoms with E-state index in [2.05, 4.69) is 20.2 Å². The van der Waals surface area contributed by atoms with Crippen LogP contribution in [-0.2, 0) is 6.42 Å². The first-order chi connectivity index (χ1) is 7.20. The number of halogens is 2. The van der Waals surface area contributed by atoms with Gasteiger partial charge in [0.25, 0.3) is 5.89 Å².